The minimum Gasteiger partial charge on any atom is -0.204 e. The van der Waals surface area contributed by atoms with Gasteiger partial charge < -0.3 is 0 Å². The molecular weight excluding hydrogens is 158 g/mol. The monoisotopic (exact) mass is 168 g/mol. The molecule has 0 heterocycles. The van der Waals surface area contributed by atoms with E-state index in [1.807, 2.05) is 0 Å². The standard InChI is InChI=1S/C10H10F2/c11-9-4-3-8(6-10(9)12)5-7-1-2-7/h3-4,6-7H,1-2,5H2. The highest BCUT2D eigenvalue weighted by atomic mass is 19.2. The van der Waals surface area contributed by atoms with Crippen LogP contribution < -0.4 is 0 Å². The summed E-state index contributed by atoms with van der Waals surface area (Å²) in [5, 5.41) is 0. The Morgan fingerprint density at radius 2 is 1.92 bits per heavy atom. The van der Waals surface area contributed by atoms with Crippen molar-refractivity contribution < 1.29 is 8.78 Å². The summed E-state index contributed by atoms with van der Waals surface area (Å²) in [6, 6.07) is 4.16. The van der Waals surface area contributed by atoms with Crippen LogP contribution in [0.2, 0.25) is 0 Å². The fourth-order valence-electron chi connectivity index (χ4n) is 1.32. The highest BCUT2D eigenvalue weighted by Gasteiger charge is 2.21. The Labute approximate surface area is 70.2 Å². The predicted molar refractivity (Wildman–Crippen MR) is 42.8 cm³/mol. The molecule has 0 amide bonds. The number of benzene rings is 1. The fourth-order valence-corrected chi connectivity index (χ4v) is 1.32. The lowest BCUT2D eigenvalue weighted by molar-refractivity contribution is 0.506. The van der Waals surface area contributed by atoms with Crippen molar-refractivity contribution in [2.24, 2.45) is 5.92 Å². The molecule has 0 aromatic heterocycles. The Kier molecular flexibility index (Phi) is 1.83. The predicted octanol–water partition coefficient (Wildman–Crippen LogP) is 2.92. The van der Waals surface area contributed by atoms with Crippen molar-refractivity contribution in [3.8, 4) is 0 Å². The van der Waals surface area contributed by atoms with Crippen molar-refractivity contribution >= 4 is 0 Å². The Bertz CT molecular complexity index is 290. The fraction of sp³-hybridized carbons (Fsp3) is 0.400. The molecule has 0 saturated heterocycles. The van der Waals surface area contributed by atoms with E-state index < -0.39 is 11.6 Å². The maximum Gasteiger partial charge on any atom is 0.159 e. The Morgan fingerprint density at radius 3 is 2.50 bits per heavy atom. The molecule has 1 aromatic rings. The minimum atomic E-state index is -0.755. The van der Waals surface area contributed by atoms with Crippen molar-refractivity contribution in [1.82, 2.24) is 0 Å². The molecule has 1 aromatic carbocycles. The Balaban J connectivity index is 2.15. The SMILES string of the molecule is Fc1ccc(CC2CC2)cc1F. The molecule has 64 valence electrons. The lowest BCUT2D eigenvalue weighted by Gasteiger charge is -1.99. The third-order valence-electron chi connectivity index (χ3n) is 2.21. The molecule has 12 heavy (non-hydrogen) atoms. The molecule has 2 heteroatoms. The Hall–Kier alpha value is -0.920. The largest absolute Gasteiger partial charge is 0.204 e. The van der Waals surface area contributed by atoms with Gasteiger partial charge in [-0.1, -0.05) is 6.07 Å². The third-order valence-corrected chi connectivity index (χ3v) is 2.21. The lowest BCUT2D eigenvalue weighted by Crippen LogP contribution is -1.90. The zero-order valence-corrected chi connectivity index (χ0v) is 6.69. The normalized spacial score (nSPS) is 16.5. The molecule has 2 rings (SSSR count). The maximum atomic E-state index is 12.7. The molecule has 1 saturated carbocycles. The summed E-state index contributed by atoms with van der Waals surface area (Å²) in [7, 11) is 0. The maximum absolute atomic E-state index is 12.7. The van der Waals surface area contributed by atoms with Crippen LogP contribution in [0.3, 0.4) is 0 Å². The van der Waals surface area contributed by atoms with Gasteiger partial charge in [0.1, 0.15) is 0 Å². The van der Waals surface area contributed by atoms with E-state index in [2.05, 4.69) is 0 Å². The van der Waals surface area contributed by atoms with E-state index in [0.717, 1.165) is 17.9 Å². The summed E-state index contributed by atoms with van der Waals surface area (Å²) in [6.45, 7) is 0. The summed E-state index contributed by atoms with van der Waals surface area (Å²) in [6.07, 6.45) is 3.37. The molecule has 1 fully saturated rings. The van der Waals surface area contributed by atoms with Crippen molar-refractivity contribution in [3.63, 3.8) is 0 Å². The first kappa shape index (κ1) is 7.71. The first-order valence-corrected chi connectivity index (χ1v) is 4.19. The van der Waals surface area contributed by atoms with Crippen LogP contribution in [0.1, 0.15) is 18.4 Å². The molecule has 0 bridgehead atoms. The van der Waals surface area contributed by atoms with Crippen molar-refractivity contribution in [2.75, 3.05) is 0 Å². The van der Waals surface area contributed by atoms with Crippen LogP contribution in [-0.4, -0.2) is 0 Å². The number of hydrogen-bond acceptors (Lipinski definition) is 0. The quantitative estimate of drug-likeness (QED) is 0.637. The molecule has 0 radical (unpaired) electrons. The van der Waals surface area contributed by atoms with Gasteiger partial charge in [0, 0.05) is 0 Å². The zero-order valence-electron chi connectivity index (χ0n) is 6.69. The van der Waals surface area contributed by atoms with Crippen LogP contribution in [-0.2, 0) is 6.42 Å². The molecule has 0 unspecified atom stereocenters. The summed E-state index contributed by atoms with van der Waals surface area (Å²) in [4.78, 5) is 0. The molecule has 0 atom stereocenters. The lowest BCUT2D eigenvalue weighted by atomic mass is 10.1. The molecule has 1 aliphatic rings. The molecule has 0 spiro atoms. The van der Waals surface area contributed by atoms with Crippen molar-refractivity contribution in [1.29, 1.82) is 0 Å². The second kappa shape index (κ2) is 2.85. The molecule has 1 aliphatic carbocycles. The van der Waals surface area contributed by atoms with Gasteiger partial charge in [0.2, 0.25) is 0 Å². The Morgan fingerprint density at radius 1 is 1.17 bits per heavy atom. The summed E-state index contributed by atoms with van der Waals surface area (Å²) >= 11 is 0. The van der Waals surface area contributed by atoms with E-state index in [-0.39, 0.29) is 0 Å². The van der Waals surface area contributed by atoms with E-state index in [4.69, 9.17) is 0 Å². The molecule has 0 N–H and O–H groups in total. The second-order valence-electron chi connectivity index (χ2n) is 3.40. The smallest absolute Gasteiger partial charge is 0.159 e. The summed E-state index contributed by atoms with van der Waals surface area (Å²) in [5.41, 5.74) is 0.913. The molecular formula is C10H10F2. The van der Waals surface area contributed by atoms with E-state index in [9.17, 15) is 8.78 Å². The van der Waals surface area contributed by atoms with Gasteiger partial charge in [0.25, 0.3) is 0 Å². The van der Waals surface area contributed by atoms with Crippen LogP contribution in [0.4, 0.5) is 8.78 Å². The first-order valence-electron chi connectivity index (χ1n) is 4.19. The van der Waals surface area contributed by atoms with E-state index in [1.165, 1.54) is 25.0 Å². The molecule has 0 nitrogen and oxygen atoms in total. The molecule has 0 aliphatic heterocycles. The van der Waals surface area contributed by atoms with Crippen LogP contribution in [0, 0.1) is 17.6 Å². The summed E-state index contributed by atoms with van der Waals surface area (Å²) < 4.78 is 25.2. The average Bonchev–Trinajstić information content (AvgIpc) is 2.81. The third kappa shape index (κ3) is 1.63. The minimum absolute atomic E-state index is 0.717. The number of hydrogen-bond donors (Lipinski definition) is 0. The van der Waals surface area contributed by atoms with Crippen LogP contribution in [0.15, 0.2) is 18.2 Å². The van der Waals surface area contributed by atoms with E-state index in [1.54, 1.807) is 6.07 Å². The van der Waals surface area contributed by atoms with Crippen LogP contribution >= 0.6 is 0 Å². The van der Waals surface area contributed by atoms with Crippen LogP contribution in [0.5, 0.6) is 0 Å². The average molecular weight is 168 g/mol. The number of rotatable bonds is 2. The van der Waals surface area contributed by atoms with Gasteiger partial charge in [-0.25, -0.2) is 8.78 Å². The number of halogens is 2. The highest BCUT2D eigenvalue weighted by Crippen LogP contribution is 2.32. The van der Waals surface area contributed by atoms with Gasteiger partial charge >= 0.3 is 0 Å². The van der Waals surface area contributed by atoms with E-state index in [0.29, 0.717) is 0 Å². The van der Waals surface area contributed by atoms with Gasteiger partial charge in [0.15, 0.2) is 11.6 Å². The van der Waals surface area contributed by atoms with Gasteiger partial charge in [-0.15, -0.1) is 0 Å². The first-order chi connectivity index (χ1) is 5.75. The highest BCUT2D eigenvalue weighted by molar-refractivity contribution is 5.18. The van der Waals surface area contributed by atoms with Gasteiger partial charge in [-0.3, -0.25) is 0 Å². The van der Waals surface area contributed by atoms with Gasteiger partial charge in [0.05, 0.1) is 0 Å². The van der Waals surface area contributed by atoms with E-state index >= 15 is 0 Å². The van der Waals surface area contributed by atoms with Gasteiger partial charge in [-0.2, -0.15) is 0 Å². The zero-order chi connectivity index (χ0) is 8.55. The summed E-state index contributed by atoms with van der Waals surface area (Å²) in [5.74, 6) is -0.766. The van der Waals surface area contributed by atoms with Crippen molar-refractivity contribution in [3.05, 3.63) is 35.4 Å². The topological polar surface area (TPSA) is 0 Å². The van der Waals surface area contributed by atoms with Crippen molar-refractivity contribution in [2.45, 2.75) is 19.3 Å². The van der Waals surface area contributed by atoms with Crippen LogP contribution in [0.25, 0.3) is 0 Å². The van der Waals surface area contributed by atoms with Gasteiger partial charge in [-0.05, 0) is 42.9 Å². The second-order valence-corrected chi connectivity index (χ2v) is 3.40.